The first-order valence-electron chi connectivity index (χ1n) is 5.93. The van der Waals surface area contributed by atoms with Gasteiger partial charge in [-0.2, -0.15) is 0 Å². The third-order valence-electron chi connectivity index (χ3n) is 1.97. The van der Waals surface area contributed by atoms with Gasteiger partial charge in [0, 0.05) is 27.9 Å². The molecule has 0 aromatic heterocycles. The van der Waals surface area contributed by atoms with Gasteiger partial charge in [0.1, 0.15) is 25.9 Å². The maximum absolute atomic E-state index is 10.8. The number of esters is 3. The summed E-state index contributed by atoms with van der Waals surface area (Å²) in [5.74, 6) is -1.46. The Balaban J connectivity index is 4.36. The molecule has 8 nitrogen and oxygen atoms in total. The molecule has 1 atom stereocenters. The van der Waals surface area contributed by atoms with Crippen LogP contribution in [0.1, 0.15) is 20.8 Å². The van der Waals surface area contributed by atoms with E-state index in [1.54, 1.807) is 0 Å². The lowest BCUT2D eigenvalue weighted by molar-refractivity contribution is -0.205. The Hall–Kier alpha value is -1.67. The van der Waals surface area contributed by atoms with E-state index in [0.29, 0.717) is 0 Å². The second-order valence-electron chi connectivity index (χ2n) is 3.83. The third kappa shape index (κ3) is 10.3. The van der Waals surface area contributed by atoms with Gasteiger partial charge in [-0.25, -0.2) is 0 Å². The van der Waals surface area contributed by atoms with Gasteiger partial charge in [-0.1, -0.05) is 0 Å². The first kappa shape index (κ1) is 18.3. The molecule has 0 amide bonds. The maximum atomic E-state index is 10.8. The summed E-state index contributed by atoms with van der Waals surface area (Å²) in [6.07, 6.45) is -1.57. The van der Waals surface area contributed by atoms with Crippen LogP contribution in [0, 0.1) is 0 Å². The van der Waals surface area contributed by atoms with Crippen LogP contribution in [-0.4, -0.2) is 57.2 Å². The normalized spacial score (nSPS) is 11.8. The summed E-state index contributed by atoms with van der Waals surface area (Å²) in [6, 6.07) is 0. The van der Waals surface area contributed by atoms with Crippen molar-refractivity contribution < 1.29 is 38.1 Å². The van der Waals surface area contributed by atoms with E-state index < -0.39 is 30.3 Å². The molecule has 8 heteroatoms. The molecule has 0 fully saturated rings. The minimum absolute atomic E-state index is 0.109. The van der Waals surface area contributed by atoms with Crippen molar-refractivity contribution in [3.63, 3.8) is 0 Å². The molecule has 0 spiro atoms. The van der Waals surface area contributed by atoms with Crippen LogP contribution in [0.3, 0.4) is 0 Å². The minimum atomic E-state index is -0.852. The van der Waals surface area contributed by atoms with Crippen LogP contribution in [0.2, 0.25) is 0 Å². The van der Waals surface area contributed by atoms with Gasteiger partial charge in [-0.3, -0.25) is 14.4 Å². The summed E-state index contributed by atoms with van der Waals surface area (Å²) in [7, 11) is 1.36. The molecule has 0 aliphatic heterocycles. The van der Waals surface area contributed by atoms with Gasteiger partial charge in [-0.05, 0) is 0 Å². The second kappa shape index (κ2) is 10.2. The molecule has 0 N–H and O–H groups in total. The molecule has 0 rings (SSSR count). The van der Waals surface area contributed by atoms with Gasteiger partial charge >= 0.3 is 17.9 Å². The highest BCUT2D eigenvalue weighted by Gasteiger charge is 2.20. The van der Waals surface area contributed by atoms with Crippen LogP contribution in [-0.2, 0) is 38.1 Å². The lowest BCUT2D eigenvalue weighted by atomic mass is 10.4. The average molecular weight is 292 g/mol. The largest absolute Gasteiger partial charge is 0.463 e. The van der Waals surface area contributed by atoms with Gasteiger partial charge in [0.05, 0.1) is 0 Å². The number of methoxy groups -OCH3 is 1. The Kier molecular flexibility index (Phi) is 9.31. The number of carbonyl (C=O) groups excluding carboxylic acids is 3. The number of ether oxygens (including phenoxy) is 5. The lowest BCUT2D eigenvalue weighted by Gasteiger charge is -2.23. The van der Waals surface area contributed by atoms with E-state index in [4.69, 9.17) is 23.7 Å². The van der Waals surface area contributed by atoms with Crippen LogP contribution < -0.4 is 0 Å². The smallest absolute Gasteiger partial charge is 0.302 e. The fourth-order valence-corrected chi connectivity index (χ4v) is 1.11. The quantitative estimate of drug-likeness (QED) is 0.333. The topological polar surface area (TPSA) is 97.4 Å². The molecule has 116 valence electrons. The summed E-state index contributed by atoms with van der Waals surface area (Å²) in [6.45, 7) is 3.40. The van der Waals surface area contributed by atoms with Gasteiger partial charge in [0.15, 0.2) is 6.29 Å². The van der Waals surface area contributed by atoms with E-state index in [0.717, 1.165) is 0 Å². The molecular weight excluding hydrogens is 272 g/mol. The van der Waals surface area contributed by atoms with Crippen LogP contribution in [0.5, 0.6) is 0 Å². The van der Waals surface area contributed by atoms with Crippen LogP contribution >= 0.6 is 0 Å². The van der Waals surface area contributed by atoms with E-state index in [2.05, 4.69) is 0 Å². The Morgan fingerprint density at radius 3 is 1.55 bits per heavy atom. The molecule has 0 aliphatic rings. The standard InChI is InChI=1S/C12H20O8/c1-8(13)17-5-11(6-18-9(2)14)20-12(16-4)7-19-10(3)15/h11-12H,5-7H2,1-4H3. The molecular formula is C12H20O8. The number of hydrogen-bond acceptors (Lipinski definition) is 8. The summed E-state index contributed by atoms with van der Waals surface area (Å²) < 4.78 is 24.7. The maximum Gasteiger partial charge on any atom is 0.302 e. The summed E-state index contributed by atoms with van der Waals surface area (Å²) in [5.41, 5.74) is 0. The van der Waals surface area contributed by atoms with Gasteiger partial charge in [-0.15, -0.1) is 0 Å². The van der Waals surface area contributed by atoms with E-state index in [-0.39, 0.29) is 19.8 Å². The number of hydrogen-bond donors (Lipinski definition) is 0. The van der Waals surface area contributed by atoms with Crippen molar-refractivity contribution in [1.29, 1.82) is 0 Å². The van der Waals surface area contributed by atoms with Crippen molar-refractivity contribution in [3.8, 4) is 0 Å². The first-order chi connectivity index (χ1) is 9.35. The molecule has 0 saturated carbocycles. The van der Waals surface area contributed by atoms with Crippen molar-refractivity contribution in [2.45, 2.75) is 33.2 Å². The van der Waals surface area contributed by atoms with Crippen molar-refractivity contribution in [2.24, 2.45) is 0 Å². The summed E-state index contributed by atoms with van der Waals surface area (Å²) >= 11 is 0. The third-order valence-corrected chi connectivity index (χ3v) is 1.97. The van der Waals surface area contributed by atoms with Gasteiger partial charge < -0.3 is 23.7 Å². The lowest BCUT2D eigenvalue weighted by Crippen LogP contribution is -2.35. The van der Waals surface area contributed by atoms with E-state index in [9.17, 15) is 14.4 Å². The molecule has 0 radical (unpaired) electrons. The molecule has 20 heavy (non-hydrogen) atoms. The molecule has 0 aromatic carbocycles. The van der Waals surface area contributed by atoms with Gasteiger partial charge in [0.2, 0.25) is 0 Å². The Morgan fingerprint density at radius 2 is 1.20 bits per heavy atom. The predicted molar refractivity (Wildman–Crippen MR) is 65.6 cm³/mol. The molecule has 0 bridgehead atoms. The Morgan fingerprint density at radius 1 is 0.800 bits per heavy atom. The van der Waals surface area contributed by atoms with E-state index in [1.165, 1.54) is 27.9 Å². The van der Waals surface area contributed by atoms with Gasteiger partial charge in [0.25, 0.3) is 0 Å². The number of carbonyl (C=O) groups is 3. The van der Waals surface area contributed by atoms with E-state index in [1.807, 2.05) is 0 Å². The minimum Gasteiger partial charge on any atom is -0.463 e. The first-order valence-corrected chi connectivity index (χ1v) is 5.93. The van der Waals surface area contributed by atoms with Crippen molar-refractivity contribution >= 4 is 17.9 Å². The van der Waals surface area contributed by atoms with Crippen LogP contribution in [0.25, 0.3) is 0 Å². The summed E-state index contributed by atoms with van der Waals surface area (Å²) in [5, 5.41) is 0. The van der Waals surface area contributed by atoms with Crippen molar-refractivity contribution in [3.05, 3.63) is 0 Å². The highest BCUT2D eigenvalue weighted by atomic mass is 16.7. The monoisotopic (exact) mass is 292 g/mol. The highest BCUT2D eigenvalue weighted by Crippen LogP contribution is 2.04. The van der Waals surface area contributed by atoms with E-state index >= 15 is 0 Å². The molecule has 0 aliphatic carbocycles. The van der Waals surface area contributed by atoms with Crippen molar-refractivity contribution in [1.82, 2.24) is 0 Å². The Bertz CT molecular complexity index is 309. The highest BCUT2D eigenvalue weighted by molar-refractivity contribution is 5.66. The van der Waals surface area contributed by atoms with Crippen molar-refractivity contribution in [2.75, 3.05) is 26.9 Å². The second-order valence-corrected chi connectivity index (χ2v) is 3.83. The van der Waals surface area contributed by atoms with Crippen LogP contribution in [0.4, 0.5) is 0 Å². The Labute approximate surface area is 117 Å². The number of rotatable bonds is 9. The fourth-order valence-electron chi connectivity index (χ4n) is 1.11. The van der Waals surface area contributed by atoms with Crippen LogP contribution in [0.15, 0.2) is 0 Å². The zero-order valence-electron chi connectivity index (χ0n) is 12.0. The SMILES string of the molecule is COC(COC(C)=O)OC(COC(C)=O)COC(C)=O. The zero-order chi connectivity index (χ0) is 15.5. The molecule has 0 heterocycles. The zero-order valence-corrected chi connectivity index (χ0v) is 12.0. The predicted octanol–water partition coefficient (Wildman–Crippen LogP) is 0.0334. The average Bonchev–Trinajstić information content (AvgIpc) is 2.36. The molecule has 0 aromatic rings. The fraction of sp³-hybridized carbons (Fsp3) is 0.750. The molecule has 0 saturated heterocycles. The summed E-state index contributed by atoms with van der Waals surface area (Å²) in [4.78, 5) is 32.2. The molecule has 1 unspecified atom stereocenters.